The van der Waals surface area contributed by atoms with E-state index in [-0.39, 0.29) is 96.4 Å². The standard InChI is InChI=1S/C63H85F2N15O5/c1-40-27-76(35-56(82)79-38-62(5,6)58-53(79)23-46(60(84)68-58)21-44-9-13-48(64)14-10-44)51(25-66-40)33-73-18-17-72(29-42(73)3)31-50-32-78(71-70-50)37-55(81)75-20-19-74(43(4)30-75)34-52-26-67-41(2)28-77(52)36-57(83)80-39-63(7,8)59-54(80)24-47(61(85)69-59)22-45-11-15-49(65)16-12-45/h9-16,23-24,32,40-43,51-52,66-67H,17-22,25-31,33-39H2,1-8H3,(H,68,84)(H,69,85)/t40-,41-,42-,43-,51-,52-/m1/s1. The lowest BCUT2D eigenvalue weighted by Gasteiger charge is -2.45. The van der Waals surface area contributed by atoms with Crippen LogP contribution in [0, 0.1) is 11.6 Å². The smallest absolute Gasteiger partial charge is 0.251 e. The Hall–Kier alpha value is -6.53. The molecule has 6 atom stereocenters. The average Bonchev–Trinajstić information content (AvgIpc) is 2.22. The first kappa shape index (κ1) is 60.2. The lowest BCUT2D eigenvalue weighted by molar-refractivity contribution is -0.135. The van der Waals surface area contributed by atoms with Crippen molar-refractivity contribution >= 4 is 29.1 Å². The molecule has 3 amide bonds. The minimum atomic E-state index is -0.449. The Bertz CT molecular complexity index is 3370. The number of anilines is 2. The van der Waals surface area contributed by atoms with Crippen LogP contribution in [0.25, 0.3) is 0 Å². The first-order chi connectivity index (χ1) is 40.5. The molecule has 4 fully saturated rings. The van der Waals surface area contributed by atoms with Gasteiger partial charge >= 0.3 is 0 Å². The van der Waals surface area contributed by atoms with Gasteiger partial charge in [0, 0.05) is 181 Å². The number of nitrogens with one attached hydrogen (secondary N) is 4. The Balaban J connectivity index is 0.644. The van der Waals surface area contributed by atoms with Crippen LogP contribution < -0.4 is 31.6 Å². The Morgan fingerprint density at radius 1 is 0.588 bits per heavy atom. The molecule has 0 spiro atoms. The van der Waals surface area contributed by atoms with Crippen molar-refractivity contribution in [2.75, 3.05) is 115 Å². The highest BCUT2D eigenvalue weighted by molar-refractivity contribution is 5.98. The average molecular weight is 1170 g/mol. The SMILES string of the molecule is C[C@@H]1CN(CC(=O)N2CC(C)(C)c3[nH]c(=O)c(Cc4ccc(F)cc4)cc32)[C@@H](CN2CCN(Cc3cn(CC(=O)N4CCN(C[C@H]5CN[C@H](C)CN5CC(=O)N5CC(C)(C)c6[nH]c(=O)c(Cc7ccc(F)cc7)cc65)[C@H](C)C4)nn3)C[C@H]2C)CN1. The summed E-state index contributed by atoms with van der Waals surface area (Å²) in [5.41, 5.74) is 5.21. The molecule has 0 radical (unpaired) electrons. The molecule has 0 unspecified atom stereocenters. The van der Waals surface area contributed by atoms with E-state index in [0.29, 0.717) is 69.8 Å². The number of pyridine rings is 2. The maximum Gasteiger partial charge on any atom is 0.251 e. The normalized spacial score (nSPS) is 24.9. The summed E-state index contributed by atoms with van der Waals surface area (Å²) in [5.74, 6) is -0.681. The molecule has 6 aliphatic heterocycles. The highest BCUT2D eigenvalue weighted by Crippen LogP contribution is 2.41. The summed E-state index contributed by atoms with van der Waals surface area (Å²) in [5, 5.41) is 16.2. The molecule has 22 heteroatoms. The summed E-state index contributed by atoms with van der Waals surface area (Å²) < 4.78 is 29.0. The summed E-state index contributed by atoms with van der Waals surface area (Å²) in [6.45, 7) is 27.9. The van der Waals surface area contributed by atoms with E-state index in [4.69, 9.17) is 0 Å². The predicted octanol–water partition coefficient (Wildman–Crippen LogP) is 3.13. The largest absolute Gasteiger partial charge is 0.338 e. The fraction of sp³-hybridized carbons (Fsp3) is 0.571. The van der Waals surface area contributed by atoms with E-state index < -0.39 is 10.8 Å². The topological polar surface area (TPSA) is 198 Å². The van der Waals surface area contributed by atoms with Crippen molar-refractivity contribution in [2.45, 2.75) is 128 Å². The number of piperazine rings is 4. The van der Waals surface area contributed by atoms with Gasteiger partial charge in [0.15, 0.2) is 0 Å². The van der Waals surface area contributed by atoms with Crippen molar-refractivity contribution in [1.82, 2.24) is 65.0 Å². The van der Waals surface area contributed by atoms with E-state index >= 15 is 0 Å². The quantitative estimate of drug-likeness (QED) is 0.113. The van der Waals surface area contributed by atoms with Crippen molar-refractivity contribution in [3.8, 4) is 0 Å². The van der Waals surface area contributed by atoms with Crippen LogP contribution in [0.5, 0.6) is 0 Å². The molecule has 2 aromatic carbocycles. The third kappa shape index (κ3) is 13.5. The Morgan fingerprint density at radius 2 is 1.06 bits per heavy atom. The Labute approximate surface area is 496 Å². The number of amides is 3. The van der Waals surface area contributed by atoms with Crippen molar-refractivity contribution in [1.29, 1.82) is 0 Å². The van der Waals surface area contributed by atoms with Crippen LogP contribution in [0.3, 0.4) is 0 Å². The number of benzene rings is 2. The summed E-state index contributed by atoms with van der Waals surface area (Å²) in [6.07, 6.45) is 2.55. The second-order valence-corrected chi connectivity index (χ2v) is 26.6. The number of hydrogen-bond acceptors (Lipinski definition) is 14. The molecule has 4 N–H and O–H groups in total. The molecule has 456 valence electrons. The second-order valence-electron chi connectivity index (χ2n) is 26.6. The molecular weight excluding hydrogens is 1080 g/mol. The summed E-state index contributed by atoms with van der Waals surface area (Å²) in [7, 11) is 0. The van der Waals surface area contributed by atoms with Crippen LogP contribution in [0.15, 0.2) is 76.4 Å². The first-order valence-corrected chi connectivity index (χ1v) is 30.5. The van der Waals surface area contributed by atoms with E-state index in [9.17, 15) is 32.8 Å². The second kappa shape index (κ2) is 24.7. The number of rotatable bonds is 16. The van der Waals surface area contributed by atoms with Crippen LogP contribution in [-0.4, -0.2) is 213 Å². The minimum absolute atomic E-state index is 0.00183. The lowest BCUT2D eigenvalue weighted by atomic mass is 9.91. The molecule has 11 rings (SSSR count). The molecule has 20 nitrogen and oxygen atoms in total. The number of hydrogen-bond donors (Lipinski definition) is 4. The Kier molecular flexibility index (Phi) is 17.5. The molecule has 5 aromatic rings. The predicted molar refractivity (Wildman–Crippen MR) is 323 cm³/mol. The monoisotopic (exact) mass is 1170 g/mol. The molecule has 0 saturated carbocycles. The Morgan fingerprint density at radius 3 is 1.53 bits per heavy atom. The van der Waals surface area contributed by atoms with Gasteiger partial charge in [0.05, 0.1) is 36.4 Å². The number of fused-ring (bicyclic) bond motifs is 2. The number of carbonyl (C=O) groups is 3. The van der Waals surface area contributed by atoms with Crippen LogP contribution in [-0.2, 0) is 51.1 Å². The third-order valence-electron chi connectivity index (χ3n) is 18.7. The van der Waals surface area contributed by atoms with Crippen LogP contribution in [0.1, 0.15) is 94.7 Å². The number of aromatic amines is 2. The summed E-state index contributed by atoms with van der Waals surface area (Å²) in [4.78, 5) is 93.0. The highest BCUT2D eigenvalue weighted by atomic mass is 19.1. The van der Waals surface area contributed by atoms with Gasteiger partial charge in [-0.3, -0.25) is 48.5 Å². The van der Waals surface area contributed by atoms with Gasteiger partial charge in [-0.2, -0.15) is 0 Å². The molecule has 85 heavy (non-hydrogen) atoms. The molecule has 6 aliphatic rings. The van der Waals surface area contributed by atoms with E-state index in [2.05, 4.69) is 97.0 Å². The number of nitrogens with zero attached hydrogens (tertiary/aromatic N) is 11. The van der Waals surface area contributed by atoms with Gasteiger partial charge in [-0.05, 0) is 75.2 Å². The van der Waals surface area contributed by atoms with E-state index in [0.717, 1.165) is 91.9 Å². The highest BCUT2D eigenvalue weighted by Gasteiger charge is 2.43. The summed E-state index contributed by atoms with van der Waals surface area (Å²) >= 11 is 0. The van der Waals surface area contributed by atoms with Crippen LogP contribution >= 0.6 is 0 Å². The van der Waals surface area contributed by atoms with Crippen molar-refractivity contribution in [2.24, 2.45) is 0 Å². The number of aromatic nitrogens is 5. The number of carbonyl (C=O) groups excluding carboxylic acids is 3. The maximum absolute atomic E-state index is 14.4. The minimum Gasteiger partial charge on any atom is -0.338 e. The molecular formula is C63H85F2N15O5. The molecule has 0 bridgehead atoms. The fourth-order valence-electron chi connectivity index (χ4n) is 13.9. The fourth-order valence-corrected chi connectivity index (χ4v) is 13.9. The van der Waals surface area contributed by atoms with Crippen molar-refractivity contribution < 1.29 is 23.2 Å². The maximum atomic E-state index is 14.4. The van der Waals surface area contributed by atoms with Gasteiger partial charge in [0.25, 0.3) is 11.1 Å². The molecule has 3 aromatic heterocycles. The van der Waals surface area contributed by atoms with Gasteiger partial charge < -0.3 is 35.3 Å². The van der Waals surface area contributed by atoms with Gasteiger partial charge in [-0.25, -0.2) is 13.5 Å². The van der Waals surface area contributed by atoms with Gasteiger partial charge in [-0.15, -0.1) is 5.10 Å². The number of H-pyrrole nitrogens is 2. The van der Waals surface area contributed by atoms with E-state index in [1.807, 2.05) is 46.9 Å². The van der Waals surface area contributed by atoms with Crippen molar-refractivity contribution in [3.05, 3.63) is 139 Å². The van der Waals surface area contributed by atoms with Crippen molar-refractivity contribution in [3.63, 3.8) is 0 Å². The zero-order valence-corrected chi connectivity index (χ0v) is 50.7. The van der Waals surface area contributed by atoms with Gasteiger partial charge in [-0.1, -0.05) is 57.2 Å². The number of halogens is 2. The zero-order valence-electron chi connectivity index (χ0n) is 50.7. The third-order valence-corrected chi connectivity index (χ3v) is 18.7. The van der Waals surface area contributed by atoms with Gasteiger partial charge in [0.1, 0.15) is 18.2 Å². The van der Waals surface area contributed by atoms with E-state index in [1.165, 1.54) is 24.3 Å². The zero-order chi connectivity index (χ0) is 60.1. The molecule has 0 aliphatic carbocycles. The summed E-state index contributed by atoms with van der Waals surface area (Å²) in [6, 6.07) is 16.9. The van der Waals surface area contributed by atoms with Crippen LogP contribution in [0.2, 0.25) is 0 Å². The van der Waals surface area contributed by atoms with Crippen LogP contribution in [0.4, 0.5) is 20.2 Å². The first-order valence-electron chi connectivity index (χ1n) is 30.5. The lowest BCUT2D eigenvalue weighted by Crippen LogP contribution is -2.63. The molecule has 9 heterocycles. The molecule has 4 saturated heterocycles. The van der Waals surface area contributed by atoms with Gasteiger partial charge in [0.2, 0.25) is 17.7 Å². The van der Waals surface area contributed by atoms with E-state index in [1.54, 1.807) is 28.9 Å².